The van der Waals surface area contributed by atoms with E-state index in [1.165, 1.54) is 5.69 Å². The number of aromatic nitrogens is 3. The highest BCUT2D eigenvalue weighted by Crippen LogP contribution is 2.16. The predicted octanol–water partition coefficient (Wildman–Crippen LogP) is 0.466. The van der Waals surface area contributed by atoms with Gasteiger partial charge in [-0.2, -0.15) is 5.10 Å². The summed E-state index contributed by atoms with van der Waals surface area (Å²) >= 11 is 0. The maximum Gasteiger partial charge on any atom is 0.254 e. The van der Waals surface area contributed by atoms with Crippen molar-refractivity contribution in [3.63, 3.8) is 0 Å². The van der Waals surface area contributed by atoms with E-state index in [1.54, 1.807) is 24.1 Å². The third-order valence-electron chi connectivity index (χ3n) is 3.83. The topological polar surface area (TPSA) is 55.1 Å². The van der Waals surface area contributed by atoms with Gasteiger partial charge >= 0.3 is 0 Å². The Morgan fingerprint density at radius 2 is 2.35 bits per heavy atom. The average Bonchev–Trinajstić information content (AvgIpc) is 3.04. The molecule has 1 aliphatic rings. The number of nitrogens with zero attached hydrogens (tertiary/aromatic N) is 4. The molecule has 20 heavy (non-hydrogen) atoms. The monoisotopic (exact) mass is 273 g/mol. The number of carbonyl (C=O) groups is 1. The number of aryl methyl sites for hydroxylation is 1. The molecule has 0 saturated carbocycles. The molecule has 0 aliphatic carbocycles. The minimum atomic E-state index is -0.0650. The molecular weight excluding hydrogens is 254 g/mol. The molecule has 0 bridgehead atoms. The van der Waals surface area contributed by atoms with Crippen LogP contribution in [0.25, 0.3) is 0 Å². The summed E-state index contributed by atoms with van der Waals surface area (Å²) in [4.78, 5) is 14.3. The van der Waals surface area contributed by atoms with Gasteiger partial charge in [-0.05, 0) is 19.2 Å². The van der Waals surface area contributed by atoms with Crippen molar-refractivity contribution >= 4 is 5.91 Å². The van der Waals surface area contributed by atoms with Gasteiger partial charge in [0.05, 0.1) is 11.8 Å². The summed E-state index contributed by atoms with van der Waals surface area (Å²) < 4.78 is 3.88. The summed E-state index contributed by atoms with van der Waals surface area (Å²) in [6, 6.07) is 4.52. The normalized spacial score (nSPS) is 18.8. The van der Waals surface area contributed by atoms with Crippen LogP contribution in [-0.2, 0) is 20.1 Å². The van der Waals surface area contributed by atoms with Crippen LogP contribution in [0.5, 0.6) is 0 Å². The van der Waals surface area contributed by atoms with Gasteiger partial charge < -0.3 is 9.88 Å². The Balaban J connectivity index is 1.60. The minimum absolute atomic E-state index is 0.0650. The fraction of sp³-hybridized carbons (Fsp3) is 0.429. The summed E-state index contributed by atoms with van der Waals surface area (Å²) in [5.74, 6) is -0.0650. The van der Waals surface area contributed by atoms with Crippen molar-refractivity contribution in [2.45, 2.75) is 19.1 Å². The fourth-order valence-corrected chi connectivity index (χ4v) is 2.59. The first kappa shape index (κ1) is 12.9. The number of hydrogen-bond acceptors (Lipinski definition) is 3. The van der Waals surface area contributed by atoms with Crippen molar-refractivity contribution in [1.82, 2.24) is 24.6 Å². The number of carbonyl (C=O) groups excluding carboxylic acids is 1. The molecule has 1 atom stereocenters. The lowest BCUT2D eigenvalue weighted by atomic mass is 10.2. The second-order valence-electron chi connectivity index (χ2n) is 5.33. The SMILES string of the molecule is CN1Cc2cccn2CC1CNC(=O)c1cnn(C)c1. The quantitative estimate of drug-likeness (QED) is 0.884. The molecule has 6 nitrogen and oxygen atoms in total. The maximum absolute atomic E-state index is 12.0. The lowest BCUT2D eigenvalue weighted by molar-refractivity contribution is 0.0925. The maximum atomic E-state index is 12.0. The van der Waals surface area contributed by atoms with Crippen LogP contribution in [0.15, 0.2) is 30.7 Å². The highest BCUT2D eigenvalue weighted by atomic mass is 16.1. The molecule has 1 amide bonds. The molecular formula is C14H19N5O. The molecule has 1 N–H and O–H groups in total. The molecule has 0 aromatic carbocycles. The Hall–Kier alpha value is -2.08. The molecule has 3 rings (SSSR count). The Morgan fingerprint density at radius 3 is 3.10 bits per heavy atom. The van der Waals surface area contributed by atoms with Gasteiger partial charge in [0.25, 0.3) is 5.91 Å². The Morgan fingerprint density at radius 1 is 1.50 bits per heavy atom. The molecule has 0 spiro atoms. The van der Waals surface area contributed by atoms with Gasteiger partial charge in [-0.1, -0.05) is 0 Å². The Labute approximate surface area is 118 Å². The van der Waals surface area contributed by atoms with Gasteiger partial charge in [0.15, 0.2) is 0 Å². The summed E-state index contributed by atoms with van der Waals surface area (Å²) in [6.07, 6.45) is 5.41. The van der Waals surface area contributed by atoms with Gasteiger partial charge in [0, 0.05) is 50.8 Å². The zero-order chi connectivity index (χ0) is 14.1. The van der Waals surface area contributed by atoms with Crippen molar-refractivity contribution in [2.75, 3.05) is 13.6 Å². The average molecular weight is 273 g/mol. The fourth-order valence-electron chi connectivity index (χ4n) is 2.59. The van der Waals surface area contributed by atoms with Gasteiger partial charge in [-0.3, -0.25) is 14.4 Å². The van der Waals surface area contributed by atoms with E-state index in [-0.39, 0.29) is 5.91 Å². The molecule has 106 valence electrons. The number of fused-ring (bicyclic) bond motifs is 1. The minimum Gasteiger partial charge on any atom is -0.350 e. The summed E-state index contributed by atoms with van der Waals surface area (Å²) in [5.41, 5.74) is 1.93. The van der Waals surface area contributed by atoms with E-state index in [0.717, 1.165) is 13.1 Å². The van der Waals surface area contributed by atoms with Crippen molar-refractivity contribution in [1.29, 1.82) is 0 Å². The number of nitrogens with one attached hydrogen (secondary N) is 1. The van der Waals surface area contributed by atoms with E-state index < -0.39 is 0 Å². The first-order valence-corrected chi connectivity index (χ1v) is 6.74. The molecule has 3 heterocycles. The molecule has 1 unspecified atom stereocenters. The van der Waals surface area contributed by atoms with E-state index in [1.807, 2.05) is 0 Å². The van der Waals surface area contributed by atoms with Crippen LogP contribution >= 0.6 is 0 Å². The Bertz CT molecular complexity index is 615. The number of hydrogen-bond donors (Lipinski definition) is 1. The van der Waals surface area contributed by atoms with Gasteiger partial charge in [-0.25, -0.2) is 0 Å². The standard InChI is InChI=1S/C14H19N5O/c1-17-9-12-4-3-5-19(12)10-13(17)7-15-14(20)11-6-16-18(2)8-11/h3-6,8,13H,7,9-10H2,1-2H3,(H,15,20). The summed E-state index contributed by atoms with van der Waals surface area (Å²) in [5, 5.41) is 7.00. The van der Waals surface area contributed by atoms with Crippen LogP contribution < -0.4 is 5.32 Å². The van der Waals surface area contributed by atoms with E-state index in [4.69, 9.17) is 0 Å². The lowest BCUT2D eigenvalue weighted by Gasteiger charge is -2.34. The van der Waals surface area contributed by atoms with Crippen LogP contribution in [0, 0.1) is 0 Å². The van der Waals surface area contributed by atoms with Crippen molar-refractivity contribution in [3.8, 4) is 0 Å². The van der Waals surface area contributed by atoms with Crippen molar-refractivity contribution in [3.05, 3.63) is 42.0 Å². The largest absolute Gasteiger partial charge is 0.350 e. The van der Waals surface area contributed by atoms with Crippen LogP contribution in [0.3, 0.4) is 0 Å². The van der Waals surface area contributed by atoms with Crippen LogP contribution in [-0.4, -0.2) is 44.8 Å². The predicted molar refractivity (Wildman–Crippen MR) is 75.2 cm³/mol. The van der Waals surface area contributed by atoms with E-state index in [0.29, 0.717) is 18.2 Å². The van der Waals surface area contributed by atoms with Gasteiger partial charge in [0.2, 0.25) is 0 Å². The zero-order valence-electron chi connectivity index (χ0n) is 11.8. The van der Waals surface area contributed by atoms with Gasteiger partial charge in [-0.15, -0.1) is 0 Å². The summed E-state index contributed by atoms with van der Waals surface area (Å²) in [7, 11) is 3.90. The molecule has 1 aliphatic heterocycles. The molecule has 2 aromatic rings. The van der Waals surface area contributed by atoms with Crippen molar-refractivity contribution in [2.24, 2.45) is 7.05 Å². The molecule has 2 aromatic heterocycles. The number of likely N-dealkylation sites (N-methyl/N-ethyl adjacent to an activating group) is 1. The first-order chi connectivity index (χ1) is 9.63. The molecule has 0 radical (unpaired) electrons. The molecule has 6 heteroatoms. The number of rotatable bonds is 3. The van der Waals surface area contributed by atoms with E-state index >= 15 is 0 Å². The third-order valence-corrected chi connectivity index (χ3v) is 3.83. The van der Waals surface area contributed by atoms with Crippen LogP contribution in [0.2, 0.25) is 0 Å². The second kappa shape index (κ2) is 5.13. The highest BCUT2D eigenvalue weighted by Gasteiger charge is 2.23. The molecule has 0 saturated heterocycles. The Kier molecular flexibility index (Phi) is 3.31. The van der Waals surface area contributed by atoms with Gasteiger partial charge in [0.1, 0.15) is 0 Å². The van der Waals surface area contributed by atoms with E-state index in [2.05, 4.69) is 45.3 Å². The highest BCUT2D eigenvalue weighted by molar-refractivity contribution is 5.93. The zero-order valence-corrected chi connectivity index (χ0v) is 11.8. The smallest absolute Gasteiger partial charge is 0.254 e. The lowest BCUT2D eigenvalue weighted by Crippen LogP contribution is -2.47. The van der Waals surface area contributed by atoms with E-state index in [9.17, 15) is 4.79 Å². The molecule has 0 fully saturated rings. The first-order valence-electron chi connectivity index (χ1n) is 6.74. The van der Waals surface area contributed by atoms with Crippen molar-refractivity contribution < 1.29 is 4.79 Å². The van der Waals surface area contributed by atoms with Crippen LogP contribution in [0.1, 0.15) is 16.1 Å². The third kappa shape index (κ3) is 2.46. The second-order valence-corrected chi connectivity index (χ2v) is 5.33. The number of amides is 1. The summed E-state index contributed by atoms with van der Waals surface area (Å²) in [6.45, 7) is 2.47. The van der Waals surface area contributed by atoms with Crippen LogP contribution in [0.4, 0.5) is 0 Å².